The van der Waals surface area contributed by atoms with Crippen molar-refractivity contribution in [1.82, 2.24) is 9.55 Å². The van der Waals surface area contributed by atoms with E-state index in [1.807, 2.05) is 6.20 Å². The zero-order valence-corrected chi connectivity index (χ0v) is 8.34. The molecule has 0 aromatic carbocycles. The quantitative estimate of drug-likeness (QED) is 0.778. The third-order valence-corrected chi connectivity index (χ3v) is 3.09. The average Bonchev–Trinajstić information content (AvgIpc) is 2.68. The highest BCUT2D eigenvalue weighted by Gasteiger charge is 2.35. The summed E-state index contributed by atoms with van der Waals surface area (Å²) in [6, 6.07) is 0.374. The standard InChI is InChI=1S/C10H14N2O2/c1-6-5-8(7(2)10(13)14)9-11-3-4-12(6)9/h3-4,6-8H,5H2,1-2H3,(H,13,14). The zero-order chi connectivity index (χ0) is 10.3. The Morgan fingerprint density at radius 2 is 2.50 bits per heavy atom. The number of nitrogens with zero attached hydrogens (tertiary/aromatic N) is 2. The zero-order valence-electron chi connectivity index (χ0n) is 8.34. The second-order valence-corrected chi connectivity index (χ2v) is 4.01. The van der Waals surface area contributed by atoms with Gasteiger partial charge in [-0.1, -0.05) is 6.92 Å². The van der Waals surface area contributed by atoms with Crippen LogP contribution in [-0.4, -0.2) is 20.6 Å². The molecule has 0 spiro atoms. The Balaban J connectivity index is 2.30. The molecule has 2 heterocycles. The molecule has 0 bridgehead atoms. The van der Waals surface area contributed by atoms with Gasteiger partial charge in [0, 0.05) is 24.4 Å². The third kappa shape index (κ3) is 1.22. The number of carboxylic acid groups (broad SMARTS) is 1. The van der Waals surface area contributed by atoms with Crippen LogP contribution in [0.5, 0.6) is 0 Å². The van der Waals surface area contributed by atoms with E-state index in [2.05, 4.69) is 16.5 Å². The van der Waals surface area contributed by atoms with E-state index in [1.165, 1.54) is 0 Å². The molecule has 1 aromatic heterocycles. The normalized spacial score (nSPS) is 27.3. The number of aromatic nitrogens is 2. The lowest BCUT2D eigenvalue weighted by Gasteiger charge is -2.12. The lowest BCUT2D eigenvalue weighted by atomic mass is 9.91. The summed E-state index contributed by atoms with van der Waals surface area (Å²) < 4.78 is 2.07. The number of imidazole rings is 1. The molecule has 1 aromatic rings. The van der Waals surface area contributed by atoms with Gasteiger partial charge >= 0.3 is 5.97 Å². The summed E-state index contributed by atoms with van der Waals surface area (Å²) in [4.78, 5) is 15.1. The molecule has 1 aliphatic rings. The molecule has 1 aliphatic heterocycles. The van der Waals surface area contributed by atoms with Crippen molar-refractivity contribution in [2.24, 2.45) is 5.92 Å². The van der Waals surface area contributed by atoms with Crippen LogP contribution < -0.4 is 0 Å². The molecule has 14 heavy (non-hydrogen) atoms. The lowest BCUT2D eigenvalue weighted by molar-refractivity contribution is -0.141. The van der Waals surface area contributed by atoms with E-state index in [0.29, 0.717) is 6.04 Å². The Labute approximate surface area is 82.6 Å². The van der Waals surface area contributed by atoms with Crippen LogP contribution in [0.1, 0.15) is 38.1 Å². The van der Waals surface area contributed by atoms with Crippen LogP contribution in [0.4, 0.5) is 0 Å². The Morgan fingerprint density at radius 1 is 1.79 bits per heavy atom. The molecule has 3 atom stereocenters. The van der Waals surface area contributed by atoms with Gasteiger partial charge in [-0.05, 0) is 13.3 Å². The monoisotopic (exact) mass is 194 g/mol. The topological polar surface area (TPSA) is 55.1 Å². The Morgan fingerprint density at radius 3 is 3.14 bits per heavy atom. The molecule has 3 unspecified atom stereocenters. The maximum absolute atomic E-state index is 10.9. The van der Waals surface area contributed by atoms with Crippen LogP contribution >= 0.6 is 0 Å². The first-order chi connectivity index (χ1) is 6.61. The first kappa shape index (κ1) is 9.24. The fraction of sp³-hybridized carbons (Fsp3) is 0.600. The molecule has 0 saturated carbocycles. The molecule has 76 valence electrons. The van der Waals surface area contributed by atoms with E-state index < -0.39 is 5.97 Å². The molecule has 0 aliphatic carbocycles. The van der Waals surface area contributed by atoms with E-state index in [-0.39, 0.29) is 11.8 Å². The Kier molecular flexibility index (Phi) is 2.06. The molecule has 0 saturated heterocycles. The minimum Gasteiger partial charge on any atom is -0.481 e. The van der Waals surface area contributed by atoms with Crippen LogP contribution in [0.15, 0.2) is 12.4 Å². The van der Waals surface area contributed by atoms with E-state index in [1.54, 1.807) is 13.1 Å². The first-order valence-electron chi connectivity index (χ1n) is 4.86. The molecular weight excluding hydrogens is 180 g/mol. The van der Waals surface area contributed by atoms with Gasteiger partial charge in [-0.25, -0.2) is 4.98 Å². The van der Waals surface area contributed by atoms with Crippen molar-refractivity contribution in [1.29, 1.82) is 0 Å². The van der Waals surface area contributed by atoms with Gasteiger partial charge in [0.1, 0.15) is 5.82 Å². The predicted molar refractivity (Wildman–Crippen MR) is 51.1 cm³/mol. The highest BCUT2D eigenvalue weighted by Crippen LogP contribution is 2.39. The fourth-order valence-corrected chi connectivity index (χ4v) is 2.17. The highest BCUT2D eigenvalue weighted by molar-refractivity contribution is 5.70. The summed E-state index contributed by atoms with van der Waals surface area (Å²) in [5.74, 6) is -0.0929. The summed E-state index contributed by atoms with van der Waals surface area (Å²) in [5, 5.41) is 8.95. The van der Waals surface area contributed by atoms with Crippen molar-refractivity contribution in [3.63, 3.8) is 0 Å². The van der Waals surface area contributed by atoms with E-state index in [0.717, 1.165) is 12.2 Å². The van der Waals surface area contributed by atoms with Gasteiger partial charge in [0.15, 0.2) is 0 Å². The van der Waals surface area contributed by atoms with Crippen molar-refractivity contribution in [3.05, 3.63) is 18.2 Å². The van der Waals surface area contributed by atoms with Crippen LogP contribution in [0.25, 0.3) is 0 Å². The van der Waals surface area contributed by atoms with Gasteiger partial charge in [-0.15, -0.1) is 0 Å². The van der Waals surface area contributed by atoms with E-state index >= 15 is 0 Å². The highest BCUT2D eigenvalue weighted by atomic mass is 16.4. The molecule has 0 amide bonds. The molecule has 0 fully saturated rings. The number of fused-ring (bicyclic) bond motifs is 1. The van der Waals surface area contributed by atoms with E-state index in [4.69, 9.17) is 5.11 Å². The van der Waals surface area contributed by atoms with Gasteiger partial charge in [0.2, 0.25) is 0 Å². The summed E-state index contributed by atoms with van der Waals surface area (Å²) in [5.41, 5.74) is 0. The number of carbonyl (C=O) groups is 1. The molecule has 4 nitrogen and oxygen atoms in total. The second-order valence-electron chi connectivity index (χ2n) is 4.01. The maximum Gasteiger partial charge on any atom is 0.306 e. The number of hydrogen-bond donors (Lipinski definition) is 1. The molecule has 1 N–H and O–H groups in total. The minimum absolute atomic E-state index is 0.0671. The summed E-state index contributed by atoms with van der Waals surface area (Å²) >= 11 is 0. The van der Waals surface area contributed by atoms with Crippen molar-refractivity contribution < 1.29 is 9.90 Å². The van der Waals surface area contributed by atoms with Gasteiger partial charge in [0.25, 0.3) is 0 Å². The van der Waals surface area contributed by atoms with Crippen LogP contribution in [0.2, 0.25) is 0 Å². The van der Waals surface area contributed by atoms with Gasteiger partial charge in [-0.3, -0.25) is 4.79 Å². The maximum atomic E-state index is 10.9. The molecular formula is C10H14N2O2. The number of carboxylic acids is 1. The molecule has 2 rings (SSSR count). The number of rotatable bonds is 2. The number of hydrogen-bond acceptors (Lipinski definition) is 2. The van der Waals surface area contributed by atoms with Crippen molar-refractivity contribution in [3.8, 4) is 0 Å². The third-order valence-electron chi connectivity index (χ3n) is 3.09. The molecule has 0 radical (unpaired) electrons. The van der Waals surface area contributed by atoms with E-state index in [9.17, 15) is 4.79 Å². The van der Waals surface area contributed by atoms with Crippen molar-refractivity contribution in [2.75, 3.05) is 0 Å². The summed E-state index contributed by atoms with van der Waals surface area (Å²) in [6.45, 7) is 3.85. The van der Waals surface area contributed by atoms with Crippen LogP contribution in [-0.2, 0) is 4.79 Å². The Hall–Kier alpha value is -1.32. The summed E-state index contributed by atoms with van der Waals surface area (Å²) in [7, 11) is 0. The first-order valence-corrected chi connectivity index (χ1v) is 4.86. The summed E-state index contributed by atoms with van der Waals surface area (Å²) in [6.07, 6.45) is 4.55. The second kappa shape index (κ2) is 3.12. The predicted octanol–water partition coefficient (Wildman–Crippen LogP) is 1.65. The van der Waals surface area contributed by atoms with Gasteiger partial charge < -0.3 is 9.67 Å². The van der Waals surface area contributed by atoms with Crippen LogP contribution in [0, 0.1) is 5.92 Å². The minimum atomic E-state index is -0.737. The van der Waals surface area contributed by atoms with Crippen molar-refractivity contribution >= 4 is 5.97 Å². The SMILES string of the molecule is CC(C(=O)O)C1CC(C)n2ccnc21. The average molecular weight is 194 g/mol. The van der Waals surface area contributed by atoms with Gasteiger partial charge in [-0.2, -0.15) is 0 Å². The molecule has 4 heteroatoms. The lowest BCUT2D eigenvalue weighted by Crippen LogP contribution is -2.17. The fourth-order valence-electron chi connectivity index (χ4n) is 2.17. The van der Waals surface area contributed by atoms with Gasteiger partial charge in [0.05, 0.1) is 5.92 Å². The van der Waals surface area contributed by atoms with Crippen molar-refractivity contribution in [2.45, 2.75) is 32.2 Å². The smallest absolute Gasteiger partial charge is 0.306 e. The number of aliphatic carboxylic acids is 1. The Bertz CT molecular complexity index is 359. The van der Waals surface area contributed by atoms with Crippen LogP contribution in [0.3, 0.4) is 0 Å². The largest absolute Gasteiger partial charge is 0.481 e.